The maximum absolute atomic E-state index is 12.9. The summed E-state index contributed by atoms with van der Waals surface area (Å²) in [7, 11) is 0. The molecule has 1 saturated carbocycles. The van der Waals surface area contributed by atoms with Gasteiger partial charge in [0, 0.05) is 47.7 Å². The van der Waals surface area contributed by atoms with E-state index in [1.807, 2.05) is 24.8 Å². The lowest BCUT2D eigenvalue weighted by Crippen LogP contribution is -2.52. The van der Waals surface area contributed by atoms with Crippen molar-refractivity contribution in [2.75, 3.05) is 31.6 Å². The molecule has 0 radical (unpaired) electrons. The van der Waals surface area contributed by atoms with Crippen LogP contribution >= 0.6 is 0 Å². The topological polar surface area (TPSA) is 81.9 Å². The number of hydrogen-bond acceptors (Lipinski definition) is 5. The number of alkyl halides is 1. The number of nitrogens with one attached hydrogen (secondary N) is 3. The molecule has 1 aliphatic carbocycles. The quantitative estimate of drug-likeness (QED) is 0.585. The van der Waals surface area contributed by atoms with Gasteiger partial charge in [-0.2, -0.15) is 5.10 Å². The summed E-state index contributed by atoms with van der Waals surface area (Å²) in [6.07, 6.45) is 13.9. The van der Waals surface area contributed by atoms with Crippen molar-refractivity contribution >= 4 is 16.7 Å². The summed E-state index contributed by atoms with van der Waals surface area (Å²) in [6.45, 7) is 3.32. The van der Waals surface area contributed by atoms with Crippen molar-refractivity contribution in [1.29, 1.82) is 0 Å². The second-order valence-corrected chi connectivity index (χ2v) is 8.83. The number of rotatable bonds is 4. The van der Waals surface area contributed by atoms with Gasteiger partial charge in [0.15, 0.2) is 0 Å². The molecule has 2 aliphatic heterocycles. The van der Waals surface area contributed by atoms with Crippen LogP contribution in [0.25, 0.3) is 22.2 Å². The molecule has 6 rings (SSSR count). The monoisotopic (exact) mass is 426 g/mol. The van der Waals surface area contributed by atoms with Gasteiger partial charge in [-0.25, -0.2) is 9.37 Å². The second-order valence-electron chi connectivity index (χ2n) is 8.83. The maximum atomic E-state index is 12.9. The van der Waals surface area contributed by atoms with Crippen molar-refractivity contribution in [1.82, 2.24) is 25.1 Å². The van der Waals surface area contributed by atoms with Gasteiger partial charge in [0.05, 0.1) is 31.1 Å². The molecule has 1 atom stereocenters. The van der Waals surface area contributed by atoms with Crippen LogP contribution in [-0.4, -0.2) is 69.6 Å². The minimum absolute atomic E-state index is 0.522. The average Bonchev–Trinajstić information content (AvgIpc) is 3.50. The number of aromatic amines is 2. The van der Waals surface area contributed by atoms with Crippen molar-refractivity contribution < 1.29 is 9.13 Å². The Balaban J connectivity index is 0.000000157. The molecule has 31 heavy (non-hydrogen) atoms. The Morgan fingerprint density at radius 1 is 1.13 bits per heavy atom. The number of halogens is 1. The highest BCUT2D eigenvalue weighted by atomic mass is 19.1. The molecule has 0 bridgehead atoms. The van der Waals surface area contributed by atoms with Gasteiger partial charge in [0.25, 0.3) is 0 Å². The normalized spacial score (nSPS) is 22.8. The lowest BCUT2D eigenvalue weighted by atomic mass is 10.1. The van der Waals surface area contributed by atoms with Crippen LogP contribution in [0.5, 0.6) is 0 Å². The second kappa shape index (κ2) is 9.36. The van der Waals surface area contributed by atoms with Gasteiger partial charge >= 0.3 is 0 Å². The molecule has 3 N–H and O–H groups in total. The third-order valence-electron chi connectivity index (χ3n) is 6.63. The number of piperidine rings is 1. The molecular formula is C23H31FN6O. The number of fused-ring (bicyclic) bond motifs is 1. The van der Waals surface area contributed by atoms with Crippen LogP contribution in [0.3, 0.4) is 0 Å². The Hall–Kier alpha value is -2.45. The van der Waals surface area contributed by atoms with Crippen LogP contribution in [0.2, 0.25) is 0 Å². The van der Waals surface area contributed by atoms with E-state index >= 15 is 0 Å². The van der Waals surface area contributed by atoms with Crippen molar-refractivity contribution in [3.05, 3.63) is 30.9 Å². The van der Waals surface area contributed by atoms with E-state index < -0.39 is 6.17 Å². The highest BCUT2D eigenvalue weighted by Gasteiger charge is 2.30. The molecule has 166 valence electrons. The summed E-state index contributed by atoms with van der Waals surface area (Å²) in [6, 6.07) is 3.18. The minimum atomic E-state index is -0.593. The summed E-state index contributed by atoms with van der Waals surface area (Å²) in [4.78, 5) is 9.90. The molecule has 8 heteroatoms. The lowest BCUT2D eigenvalue weighted by Gasteiger charge is -2.40. The van der Waals surface area contributed by atoms with E-state index in [1.165, 1.54) is 31.4 Å². The zero-order valence-corrected chi connectivity index (χ0v) is 17.8. The van der Waals surface area contributed by atoms with Crippen LogP contribution in [-0.2, 0) is 4.74 Å². The van der Waals surface area contributed by atoms with Crippen LogP contribution < -0.4 is 5.32 Å². The van der Waals surface area contributed by atoms with Gasteiger partial charge in [-0.3, -0.25) is 10.00 Å². The third kappa shape index (κ3) is 4.60. The molecule has 1 unspecified atom stereocenters. The Morgan fingerprint density at radius 2 is 2.00 bits per heavy atom. The summed E-state index contributed by atoms with van der Waals surface area (Å²) in [5, 5.41) is 11.8. The number of nitrogens with zero attached hydrogens (tertiary/aromatic N) is 3. The lowest BCUT2D eigenvalue weighted by molar-refractivity contribution is -0.0780. The van der Waals surface area contributed by atoms with Gasteiger partial charge in [0.2, 0.25) is 0 Å². The SMILES string of the molecule is FC1CCCN(C2COC2)C1.c1cc2c(NC3CCCC3)c(-c3cn[nH]c3)cnc2[nH]1. The fourth-order valence-electron chi connectivity index (χ4n) is 4.77. The molecule has 3 aromatic rings. The maximum Gasteiger partial charge on any atom is 0.139 e. The fraction of sp³-hybridized carbons (Fsp3) is 0.565. The van der Waals surface area contributed by atoms with E-state index in [0.29, 0.717) is 18.6 Å². The predicted octanol–water partition coefficient (Wildman–Crippen LogP) is 4.13. The third-order valence-corrected chi connectivity index (χ3v) is 6.63. The molecule has 7 nitrogen and oxygen atoms in total. The zero-order chi connectivity index (χ0) is 21.0. The largest absolute Gasteiger partial charge is 0.381 e. The Labute approximate surface area is 181 Å². The fourth-order valence-corrected chi connectivity index (χ4v) is 4.77. The van der Waals surface area contributed by atoms with Crippen LogP contribution in [0.1, 0.15) is 38.5 Å². The van der Waals surface area contributed by atoms with Gasteiger partial charge in [-0.1, -0.05) is 12.8 Å². The summed E-state index contributed by atoms with van der Waals surface area (Å²) in [5.41, 5.74) is 4.28. The van der Waals surface area contributed by atoms with Crippen LogP contribution in [0.4, 0.5) is 10.1 Å². The number of ether oxygens (including phenoxy) is 1. The Bertz CT molecular complexity index is 964. The van der Waals surface area contributed by atoms with E-state index in [-0.39, 0.29) is 0 Å². The van der Waals surface area contributed by atoms with Crippen LogP contribution in [0.15, 0.2) is 30.9 Å². The zero-order valence-electron chi connectivity index (χ0n) is 17.8. The predicted molar refractivity (Wildman–Crippen MR) is 120 cm³/mol. The molecule has 3 aliphatic rings. The first-order valence-corrected chi connectivity index (χ1v) is 11.5. The van der Waals surface area contributed by atoms with E-state index in [1.54, 1.807) is 0 Å². The first-order valence-electron chi connectivity index (χ1n) is 11.5. The van der Waals surface area contributed by atoms with E-state index in [4.69, 9.17) is 4.74 Å². The van der Waals surface area contributed by atoms with Gasteiger partial charge in [-0.05, 0) is 38.3 Å². The Morgan fingerprint density at radius 3 is 2.71 bits per heavy atom. The van der Waals surface area contributed by atoms with Crippen molar-refractivity contribution in [2.24, 2.45) is 0 Å². The number of aromatic nitrogens is 4. The van der Waals surface area contributed by atoms with E-state index in [2.05, 4.69) is 36.4 Å². The molecule has 0 spiro atoms. The summed E-state index contributed by atoms with van der Waals surface area (Å²) in [5.74, 6) is 0. The number of anilines is 1. The highest BCUT2D eigenvalue weighted by Crippen LogP contribution is 2.35. The number of H-pyrrole nitrogens is 2. The molecule has 3 fully saturated rings. The van der Waals surface area contributed by atoms with Gasteiger partial charge in [0.1, 0.15) is 11.8 Å². The average molecular weight is 427 g/mol. The standard InChI is InChI=1S/C15H17N5.C8H14FNO/c1-2-4-11(3-1)20-14-12-5-6-16-15(12)17-9-13(14)10-7-18-19-8-10;9-7-2-1-3-10(4-7)8-5-11-6-8/h5-9,11H,1-4H2,(H,18,19)(H2,16,17,20);7-8H,1-6H2. The smallest absolute Gasteiger partial charge is 0.139 e. The number of likely N-dealkylation sites (tertiary alicyclic amines) is 1. The molecule has 5 heterocycles. The van der Waals surface area contributed by atoms with Gasteiger partial charge < -0.3 is 15.0 Å². The van der Waals surface area contributed by atoms with Gasteiger partial charge in [-0.15, -0.1) is 0 Å². The highest BCUT2D eigenvalue weighted by molar-refractivity contribution is 5.98. The Kier molecular flexibility index (Phi) is 6.18. The summed E-state index contributed by atoms with van der Waals surface area (Å²) < 4.78 is 17.9. The van der Waals surface area contributed by atoms with Crippen molar-refractivity contribution in [2.45, 2.75) is 56.8 Å². The first kappa shape index (κ1) is 20.5. The van der Waals surface area contributed by atoms with E-state index in [9.17, 15) is 4.39 Å². The van der Waals surface area contributed by atoms with Crippen LogP contribution in [0, 0.1) is 0 Å². The van der Waals surface area contributed by atoms with E-state index in [0.717, 1.165) is 54.8 Å². The molecular weight excluding hydrogens is 395 g/mol. The number of pyridine rings is 1. The molecule has 0 amide bonds. The van der Waals surface area contributed by atoms with Crippen molar-refractivity contribution in [3.63, 3.8) is 0 Å². The molecule has 0 aromatic carbocycles. The number of hydrogen-bond donors (Lipinski definition) is 3. The molecule has 2 saturated heterocycles. The molecule has 3 aromatic heterocycles. The minimum Gasteiger partial charge on any atom is -0.381 e. The first-order chi connectivity index (χ1) is 15.3. The summed E-state index contributed by atoms with van der Waals surface area (Å²) >= 11 is 0. The van der Waals surface area contributed by atoms with Crippen molar-refractivity contribution in [3.8, 4) is 11.1 Å².